The van der Waals surface area contributed by atoms with Gasteiger partial charge in [-0.15, -0.1) is 4.68 Å². The Hall–Kier alpha value is -2.91. The second-order valence-electron chi connectivity index (χ2n) is 4.11. The topological polar surface area (TPSA) is 130 Å². The Bertz CT molecular complexity index is 723. The minimum atomic E-state index is -0.408. The molecule has 112 valence electrons. The van der Waals surface area contributed by atoms with E-state index in [4.69, 9.17) is 15.9 Å². The number of nitrogens with one attached hydrogen (secondary N) is 1. The Morgan fingerprint density at radius 3 is 2.86 bits per heavy atom. The molecule has 0 amide bonds. The van der Waals surface area contributed by atoms with Crippen LogP contribution in [0.4, 0.5) is 0 Å². The SMILES string of the molecule is CCn1cnc(-n2nnn(C)c2=O)c1COC(=N)/C=C\N. The zero-order chi connectivity index (χ0) is 15.4. The van der Waals surface area contributed by atoms with Crippen LogP contribution in [0.1, 0.15) is 12.6 Å². The summed E-state index contributed by atoms with van der Waals surface area (Å²) in [5, 5.41) is 14.9. The van der Waals surface area contributed by atoms with Gasteiger partial charge >= 0.3 is 5.69 Å². The number of imidazole rings is 1. The largest absolute Gasteiger partial charge is 0.471 e. The van der Waals surface area contributed by atoms with Crippen LogP contribution in [0.5, 0.6) is 0 Å². The Morgan fingerprint density at radius 1 is 1.52 bits per heavy atom. The lowest BCUT2D eigenvalue weighted by Crippen LogP contribution is -2.23. The van der Waals surface area contributed by atoms with Gasteiger partial charge < -0.3 is 15.0 Å². The molecular weight excluding hydrogens is 276 g/mol. The van der Waals surface area contributed by atoms with Crippen molar-refractivity contribution in [1.29, 1.82) is 5.41 Å². The molecule has 2 aromatic heterocycles. The number of rotatable bonds is 5. The number of hydrogen-bond acceptors (Lipinski definition) is 7. The summed E-state index contributed by atoms with van der Waals surface area (Å²) < 4.78 is 9.26. The first kappa shape index (κ1) is 14.5. The predicted octanol–water partition coefficient (Wildman–Crippen LogP) is -0.851. The molecule has 0 radical (unpaired) electrons. The fourth-order valence-electron chi connectivity index (χ4n) is 1.72. The van der Waals surface area contributed by atoms with Crippen LogP contribution in [0, 0.1) is 5.41 Å². The van der Waals surface area contributed by atoms with Gasteiger partial charge in [0.25, 0.3) is 0 Å². The van der Waals surface area contributed by atoms with E-state index in [1.165, 1.54) is 19.3 Å². The lowest BCUT2D eigenvalue weighted by atomic mass is 10.4. The highest BCUT2D eigenvalue weighted by Crippen LogP contribution is 2.12. The second kappa shape index (κ2) is 6.03. The first-order valence-corrected chi connectivity index (χ1v) is 6.21. The zero-order valence-electron chi connectivity index (χ0n) is 11.7. The van der Waals surface area contributed by atoms with Crippen LogP contribution in [0.25, 0.3) is 5.82 Å². The highest BCUT2D eigenvalue weighted by Gasteiger charge is 2.17. The summed E-state index contributed by atoms with van der Waals surface area (Å²) >= 11 is 0. The average Bonchev–Trinajstić information content (AvgIpc) is 3.01. The number of nitrogens with two attached hydrogens (primary N) is 1. The molecule has 0 bridgehead atoms. The molecule has 0 unspecified atom stereocenters. The third kappa shape index (κ3) is 2.83. The van der Waals surface area contributed by atoms with Crippen LogP contribution >= 0.6 is 0 Å². The summed E-state index contributed by atoms with van der Waals surface area (Å²) in [5.41, 5.74) is 5.41. The maximum Gasteiger partial charge on any atom is 0.369 e. The second-order valence-corrected chi connectivity index (χ2v) is 4.11. The van der Waals surface area contributed by atoms with Gasteiger partial charge in [-0.05, 0) is 23.6 Å². The van der Waals surface area contributed by atoms with E-state index in [0.717, 1.165) is 9.36 Å². The highest BCUT2D eigenvalue weighted by atomic mass is 16.5. The Morgan fingerprint density at radius 2 is 2.29 bits per heavy atom. The summed E-state index contributed by atoms with van der Waals surface area (Å²) in [7, 11) is 1.50. The number of aromatic nitrogens is 6. The number of tetrazole rings is 1. The van der Waals surface area contributed by atoms with Crippen molar-refractivity contribution in [3.8, 4) is 5.82 Å². The lowest BCUT2D eigenvalue weighted by molar-refractivity contribution is 0.281. The van der Waals surface area contributed by atoms with E-state index in [1.807, 2.05) is 6.92 Å². The molecule has 2 aromatic rings. The van der Waals surface area contributed by atoms with E-state index in [0.29, 0.717) is 18.1 Å². The number of nitrogens with zero attached hydrogens (tertiary/aromatic N) is 6. The number of aryl methyl sites for hydroxylation is 2. The van der Waals surface area contributed by atoms with E-state index in [1.54, 1.807) is 10.9 Å². The number of hydrogen-bond donors (Lipinski definition) is 2. The van der Waals surface area contributed by atoms with Crippen molar-refractivity contribution in [2.24, 2.45) is 12.8 Å². The van der Waals surface area contributed by atoms with Gasteiger partial charge in [0.1, 0.15) is 12.3 Å². The molecule has 3 N–H and O–H groups in total. The molecule has 0 spiro atoms. The third-order valence-corrected chi connectivity index (χ3v) is 2.80. The van der Waals surface area contributed by atoms with Crippen LogP contribution < -0.4 is 11.4 Å². The van der Waals surface area contributed by atoms with Crippen molar-refractivity contribution in [2.45, 2.75) is 20.1 Å². The Balaban J connectivity index is 2.35. The van der Waals surface area contributed by atoms with Gasteiger partial charge in [-0.2, -0.15) is 4.68 Å². The summed E-state index contributed by atoms with van der Waals surface area (Å²) in [6, 6.07) is 0. The highest BCUT2D eigenvalue weighted by molar-refractivity contribution is 5.84. The fourth-order valence-corrected chi connectivity index (χ4v) is 1.72. The first-order chi connectivity index (χ1) is 10.1. The van der Waals surface area contributed by atoms with Gasteiger partial charge in [0.15, 0.2) is 5.82 Å². The maximum atomic E-state index is 11.9. The van der Waals surface area contributed by atoms with Crippen LogP contribution in [0.2, 0.25) is 0 Å². The molecule has 10 heteroatoms. The van der Waals surface area contributed by atoms with Crippen molar-refractivity contribution < 1.29 is 4.74 Å². The van der Waals surface area contributed by atoms with Gasteiger partial charge in [0.2, 0.25) is 5.90 Å². The molecule has 0 saturated heterocycles. The monoisotopic (exact) mass is 292 g/mol. The lowest BCUT2D eigenvalue weighted by Gasteiger charge is -2.08. The van der Waals surface area contributed by atoms with Crippen molar-refractivity contribution in [3.05, 3.63) is 34.8 Å². The van der Waals surface area contributed by atoms with Crippen LogP contribution in [0.15, 0.2) is 23.4 Å². The summed E-state index contributed by atoms with van der Waals surface area (Å²) in [6.45, 7) is 2.63. The van der Waals surface area contributed by atoms with Gasteiger partial charge in [0.05, 0.1) is 6.33 Å². The fraction of sp³-hybridized carbons (Fsp3) is 0.364. The molecule has 0 saturated carbocycles. The van der Waals surface area contributed by atoms with Crippen LogP contribution in [-0.4, -0.2) is 35.2 Å². The third-order valence-electron chi connectivity index (χ3n) is 2.80. The van der Waals surface area contributed by atoms with Gasteiger partial charge in [-0.25, -0.2) is 9.78 Å². The molecule has 0 aliphatic heterocycles. The normalized spacial score (nSPS) is 11.1. The Kier molecular flexibility index (Phi) is 4.16. The van der Waals surface area contributed by atoms with Crippen molar-refractivity contribution >= 4 is 5.90 Å². The van der Waals surface area contributed by atoms with E-state index >= 15 is 0 Å². The smallest absolute Gasteiger partial charge is 0.369 e. The summed E-state index contributed by atoms with van der Waals surface area (Å²) in [5.74, 6) is 0.248. The molecule has 2 heterocycles. The minimum absolute atomic E-state index is 0.0648. The van der Waals surface area contributed by atoms with Gasteiger partial charge in [-0.1, -0.05) is 0 Å². The van der Waals surface area contributed by atoms with Crippen molar-refractivity contribution in [3.63, 3.8) is 0 Å². The molecule has 10 nitrogen and oxygen atoms in total. The van der Waals surface area contributed by atoms with Gasteiger partial charge in [-0.3, -0.25) is 5.41 Å². The standard InChI is InChI=1S/C11H16N8O2/c1-3-18-7-14-10(19-11(20)17(2)15-16-19)8(18)6-21-9(13)4-5-12/h4-5,7,13H,3,6,12H2,1-2H3/b5-4-,13-9?. The molecular formula is C11H16N8O2. The quantitative estimate of drug-likeness (QED) is 0.545. The minimum Gasteiger partial charge on any atom is -0.471 e. The zero-order valence-corrected chi connectivity index (χ0v) is 11.7. The summed E-state index contributed by atoms with van der Waals surface area (Å²) in [4.78, 5) is 16.1. The van der Waals surface area contributed by atoms with E-state index in [-0.39, 0.29) is 12.5 Å². The van der Waals surface area contributed by atoms with Crippen LogP contribution in [0.3, 0.4) is 0 Å². The average molecular weight is 292 g/mol. The maximum absolute atomic E-state index is 11.9. The van der Waals surface area contributed by atoms with Crippen LogP contribution in [-0.2, 0) is 24.9 Å². The molecule has 0 atom stereocenters. The van der Waals surface area contributed by atoms with Gasteiger partial charge in [0, 0.05) is 19.7 Å². The first-order valence-electron chi connectivity index (χ1n) is 6.21. The molecule has 0 aliphatic rings. The van der Waals surface area contributed by atoms with Crippen molar-refractivity contribution in [1.82, 2.24) is 29.3 Å². The molecule has 21 heavy (non-hydrogen) atoms. The van der Waals surface area contributed by atoms with E-state index in [9.17, 15) is 4.79 Å². The Labute approximate surface area is 119 Å². The van der Waals surface area contributed by atoms with E-state index < -0.39 is 5.69 Å². The summed E-state index contributed by atoms with van der Waals surface area (Å²) in [6.07, 6.45) is 4.12. The molecule has 2 rings (SSSR count). The molecule has 0 aliphatic carbocycles. The predicted molar refractivity (Wildman–Crippen MR) is 73.9 cm³/mol. The molecule has 0 aromatic carbocycles. The molecule has 0 fully saturated rings. The number of ether oxygens (including phenoxy) is 1. The van der Waals surface area contributed by atoms with E-state index in [2.05, 4.69) is 15.4 Å². The van der Waals surface area contributed by atoms with Crippen molar-refractivity contribution in [2.75, 3.05) is 0 Å².